The van der Waals surface area contributed by atoms with Gasteiger partial charge in [0.05, 0.1) is 0 Å². The standard InChI is InChI=1S/C11H10.2C3H2O2.Ti/c1-2-6-10(5-1)9-11-7-3-4-8-11;2*1-2-3(4)5;/h1,3,5,7H,2,4,9H2;2*1H,(H,4,5);/q-2;;;+2. The van der Waals surface area contributed by atoms with Crippen molar-refractivity contribution in [2.24, 2.45) is 0 Å². The summed E-state index contributed by atoms with van der Waals surface area (Å²) in [6.45, 7) is 0. The summed E-state index contributed by atoms with van der Waals surface area (Å²) in [5.74, 6) is 0.454. The summed E-state index contributed by atoms with van der Waals surface area (Å²) in [7, 11) is 0. The molecule has 0 bridgehead atoms. The van der Waals surface area contributed by atoms with E-state index >= 15 is 0 Å². The third-order valence-corrected chi connectivity index (χ3v) is 2.16. The van der Waals surface area contributed by atoms with Gasteiger partial charge in [-0.1, -0.05) is 6.42 Å². The molecule has 0 aromatic heterocycles. The third kappa shape index (κ3) is 12.8. The average molecular weight is 330 g/mol. The molecular formula is C17H14O4Ti. The van der Waals surface area contributed by atoms with Crippen LogP contribution in [-0.4, -0.2) is 22.2 Å². The van der Waals surface area contributed by atoms with E-state index in [1.54, 1.807) is 0 Å². The van der Waals surface area contributed by atoms with Gasteiger partial charge in [-0.3, -0.25) is 12.2 Å². The van der Waals surface area contributed by atoms with Crippen LogP contribution in [0.2, 0.25) is 0 Å². The van der Waals surface area contributed by atoms with Crippen LogP contribution in [0.5, 0.6) is 0 Å². The molecular weight excluding hydrogens is 316 g/mol. The number of aliphatic carboxylic acids is 2. The number of carboxylic acid groups (broad SMARTS) is 2. The molecule has 0 heterocycles. The first-order valence-electron chi connectivity index (χ1n) is 5.91. The fourth-order valence-corrected chi connectivity index (χ4v) is 1.35. The van der Waals surface area contributed by atoms with Crippen molar-refractivity contribution in [3.63, 3.8) is 0 Å². The van der Waals surface area contributed by atoms with Gasteiger partial charge in [-0.15, -0.1) is 25.7 Å². The fraction of sp³-hybridized carbons (Fsp3) is 0.176. The van der Waals surface area contributed by atoms with Crippen molar-refractivity contribution in [3.8, 4) is 24.7 Å². The van der Waals surface area contributed by atoms with Crippen LogP contribution in [-0.2, 0) is 31.3 Å². The van der Waals surface area contributed by atoms with Crippen LogP contribution >= 0.6 is 0 Å². The molecule has 0 saturated heterocycles. The zero-order valence-electron chi connectivity index (χ0n) is 11.8. The number of hydrogen-bond donors (Lipinski definition) is 2. The normalized spacial score (nSPS) is 12.8. The van der Waals surface area contributed by atoms with E-state index in [-0.39, 0.29) is 21.7 Å². The second kappa shape index (κ2) is 13.7. The molecule has 0 aromatic rings. The second-order valence-electron chi connectivity index (χ2n) is 3.69. The van der Waals surface area contributed by atoms with E-state index in [0.717, 1.165) is 19.3 Å². The second-order valence-corrected chi connectivity index (χ2v) is 3.69. The quantitative estimate of drug-likeness (QED) is 0.462. The van der Waals surface area contributed by atoms with Gasteiger partial charge in [0.15, 0.2) is 0 Å². The van der Waals surface area contributed by atoms with Gasteiger partial charge in [-0.2, -0.15) is 12.2 Å². The van der Waals surface area contributed by atoms with Crippen LogP contribution in [0.4, 0.5) is 0 Å². The summed E-state index contributed by atoms with van der Waals surface area (Å²) in [6.07, 6.45) is 26.8. The van der Waals surface area contributed by atoms with Crippen molar-refractivity contribution in [2.45, 2.75) is 19.3 Å². The fourth-order valence-electron chi connectivity index (χ4n) is 1.35. The van der Waals surface area contributed by atoms with E-state index in [2.05, 4.69) is 49.3 Å². The molecule has 2 aliphatic rings. The van der Waals surface area contributed by atoms with Crippen LogP contribution in [0.1, 0.15) is 19.3 Å². The van der Waals surface area contributed by atoms with E-state index in [0.29, 0.717) is 0 Å². The minimum absolute atomic E-state index is 0. The van der Waals surface area contributed by atoms with E-state index in [1.807, 2.05) is 0 Å². The minimum atomic E-state index is -1.22. The maximum Gasteiger partial charge on any atom is 2.00 e. The van der Waals surface area contributed by atoms with E-state index in [4.69, 9.17) is 19.8 Å². The minimum Gasteiger partial charge on any atom is -0.472 e. The van der Waals surface area contributed by atoms with Gasteiger partial charge in [-0.05, 0) is 0 Å². The maximum absolute atomic E-state index is 9.13. The van der Waals surface area contributed by atoms with Gasteiger partial charge < -0.3 is 10.2 Å². The summed E-state index contributed by atoms with van der Waals surface area (Å²) in [5, 5.41) is 15.0. The maximum atomic E-state index is 9.13. The monoisotopic (exact) mass is 330 g/mol. The molecule has 0 aromatic carbocycles. The SMILES string of the molecule is C#CC(=O)O.C#CC(=O)O.[C-]1=C(CC2=[C-]CC=C2)C=CC1.[Ti+2]. The number of hydrogen-bond acceptors (Lipinski definition) is 2. The Balaban J connectivity index is 0. The Labute approximate surface area is 145 Å². The summed E-state index contributed by atoms with van der Waals surface area (Å²) >= 11 is 0. The van der Waals surface area contributed by atoms with Gasteiger partial charge >= 0.3 is 33.7 Å². The molecule has 0 spiro atoms. The zero-order chi connectivity index (χ0) is 16.1. The molecule has 0 radical (unpaired) electrons. The van der Waals surface area contributed by atoms with Gasteiger partial charge in [-0.25, -0.2) is 32.9 Å². The Bertz CT molecular complexity index is 529. The van der Waals surface area contributed by atoms with Crippen molar-refractivity contribution in [2.75, 3.05) is 0 Å². The molecule has 0 aliphatic heterocycles. The summed E-state index contributed by atoms with van der Waals surface area (Å²) < 4.78 is 0. The van der Waals surface area contributed by atoms with Gasteiger partial charge in [0, 0.05) is 11.8 Å². The molecule has 0 atom stereocenters. The molecule has 0 saturated carbocycles. The van der Waals surface area contributed by atoms with Crippen molar-refractivity contribution in [1.82, 2.24) is 0 Å². The molecule has 2 rings (SSSR count). The predicted octanol–water partition coefficient (Wildman–Crippen LogP) is 2.16. The summed E-state index contributed by atoms with van der Waals surface area (Å²) in [5.41, 5.74) is 2.64. The van der Waals surface area contributed by atoms with Crippen molar-refractivity contribution >= 4 is 11.9 Å². The van der Waals surface area contributed by atoms with Crippen molar-refractivity contribution in [1.29, 1.82) is 0 Å². The molecule has 22 heavy (non-hydrogen) atoms. The van der Waals surface area contributed by atoms with E-state index in [1.165, 1.54) is 23.0 Å². The number of rotatable bonds is 2. The van der Waals surface area contributed by atoms with Crippen LogP contribution < -0.4 is 0 Å². The van der Waals surface area contributed by atoms with Gasteiger partial charge in [0.2, 0.25) is 0 Å². The largest absolute Gasteiger partial charge is 2.00 e. The molecule has 0 fully saturated rings. The Hall–Kier alpha value is -2.27. The zero-order valence-corrected chi connectivity index (χ0v) is 13.4. The Morgan fingerprint density at radius 3 is 1.50 bits per heavy atom. The molecule has 0 amide bonds. The van der Waals surface area contributed by atoms with Gasteiger partial charge in [0.25, 0.3) is 0 Å². The summed E-state index contributed by atoms with van der Waals surface area (Å²) in [4.78, 5) is 18.3. The number of carboxylic acids is 2. The molecule has 5 heteroatoms. The third-order valence-electron chi connectivity index (χ3n) is 2.16. The Morgan fingerprint density at radius 1 is 1.00 bits per heavy atom. The van der Waals surface area contributed by atoms with Crippen LogP contribution in [0.3, 0.4) is 0 Å². The molecule has 110 valence electrons. The molecule has 4 nitrogen and oxygen atoms in total. The molecule has 2 aliphatic carbocycles. The smallest absolute Gasteiger partial charge is 0.472 e. The Morgan fingerprint density at radius 2 is 1.32 bits per heavy atom. The van der Waals surface area contributed by atoms with Crippen LogP contribution in [0.15, 0.2) is 35.5 Å². The first-order valence-corrected chi connectivity index (χ1v) is 5.91. The van der Waals surface area contributed by atoms with Crippen LogP contribution in [0.25, 0.3) is 0 Å². The number of terminal acetylenes is 2. The first kappa shape index (κ1) is 22.0. The number of allylic oxidation sites excluding steroid dienone is 8. The van der Waals surface area contributed by atoms with Crippen LogP contribution in [0, 0.1) is 36.8 Å². The van der Waals surface area contributed by atoms with Crippen molar-refractivity contribution in [3.05, 3.63) is 47.6 Å². The van der Waals surface area contributed by atoms with E-state index < -0.39 is 11.9 Å². The topological polar surface area (TPSA) is 74.6 Å². The average Bonchev–Trinajstić information content (AvgIpc) is 3.14. The van der Waals surface area contributed by atoms with Crippen molar-refractivity contribution < 1.29 is 41.5 Å². The first-order chi connectivity index (χ1) is 9.99. The number of carbonyl (C=O) groups is 2. The Kier molecular flexibility index (Phi) is 13.7. The van der Waals surface area contributed by atoms with E-state index in [9.17, 15) is 0 Å². The molecule has 2 N–H and O–H groups in total. The predicted molar refractivity (Wildman–Crippen MR) is 78.6 cm³/mol. The molecule has 0 unspecified atom stereocenters. The summed E-state index contributed by atoms with van der Waals surface area (Å²) in [6, 6.07) is 0. The van der Waals surface area contributed by atoms with Gasteiger partial charge in [0.1, 0.15) is 0 Å².